The van der Waals surface area contributed by atoms with Gasteiger partial charge in [0, 0.05) is 13.6 Å². The lowest BCUT2D eigenvalue weighted by molar-refractivity contribution is -0.137. The van der Waals surface area contributed by atoms with E-state index in [0.717, 1.165) is 0 Å². The van der Waals surface area contributed by atoms with Crippen LogP contribution in [0, 0.1) is 0 Å². The molecule has 1 saturated heterocycles. The minimum Gasteiger partial charge on any atom is -0.481 e. The molecule has 18 heavy (non-hydrogen) atoms. The maximum absolute atomic E-state index is 11.6. The van der Waals surface area contributed by atoms with E-state index in [-0.39, 0.29) is 24.5 Å². The lowest BCUT2D eigenvalue weighted by atomic mass is 10.2. The average molecular weight is 275 g/mol. The van der Waals surface area contributed by atoms with Crippen LogP contribution in [0.4, 0.5) is 5.95 Å². The van der Waals surface area contributed by atoms with Gasteiger partial charge in [0.25, 0.3) is 0 Å². The quantitative estimate of drug-likeness (QED) is 0.692. The highest BCUT2D eigenvalue weighted by molar-refractivity contribution is 7.91. The van der Waals surface area contributed by atoms with E-state index >= 15 is 0 Å². The molecule has 0 radical (unpaired) electrons. The first-order chi connectivity index (χ1) is 8.39. The second kappa shape index (κ2) is 4.52. The van der Waals surface area contributed by atoms with E-state index in [1.807, 2.05) is 0 Å². The molecular formula is C8H13N5O4S. The van der Waals surface area contributed by atoms with Gasteiger partial charge in [-0.15, -0.1) is 0 Å². The van der Waals surface area contributed by atoms with Crippen molar-refractivity contribution < 1.29 is 18.3 Å². The fourth-order valence-electron chi connectivity index (χ4n) is 1.99. The highest BCUT2D eigenvalue weighted by atomic mass is 32.2. The molecule has 2 rings (SSSR count). The van der Waals surface area contributed by atoms with Crippen LogP contribution in [-0.4, -0.2) is 63.8 Å². The largest absolute Gasteiger partial charge is 0.481 e. The van der Waals surface area contributed by atoms with E-state index in [2.05, 4.69) is 15.5 Å². The molecule has 2 heterocycles. The Balaban J connectivity index is 2.28. The summed E-state index contributed by atoms with van der Waals surface area (Å²) in [5.74, 6) is -0.865. The van der Waals surface area contributed by atoms with Crippen molar-refractivity contribution in [1.29, 1.82) is 0 Å². The summed E-state index contributed by atoms with van der Waals surface area (Å²) in [6.45, 7) is 0.203. The summed E-state index contributed by atoms with van der Waals surface area (Å²) in [6.07, 6.45) is -0.258. The number of anilines is 1. The van der Waals surface area contributed by atoms with Gasteiger partial charge < -0.3 is 10.0 Å². The number of hydrogen-bond donors (Lipinski definition) is 1. The van der Waals surface area contributed by atoms with Crippen molar-refractivity contribution >= 4 is 21.8 Å². The third kappa shape index (κ3) is 2.58. The Morgan fingerprint density at radius 3 is 2.83 bits per heavy atom. The molecule has 0 amide bonds. The Hall–Kier alpha value is -1.71. The first kappa shape index (κ1) is 12.7. The zero-order valence-electron chi connectivity index (χ0n) is 9.72. The molecule has 0 saturated carbocycles. The minimum atomic E-state index is -3.20. The molecule has 0 aliphatic carbocycles. The van der Waals surface area contributed by atoms with Crippen LogP contribution in [0.1, 0.15) is 6.42 Å². The molecule has 1 aliphatic heterocycles. The third-order valence-electron chi connectivity index (χ3n) is 2.80. The number of nitrogens with zero attached hydrogens (tertiary/aromatic N) is 5. The standard InChI is InChI=1S/C8H13N5O4S/c1-12-8(9-10-11-12)13-2-3-18(16,17)5-6(13)4-7(14)15/h6H,2-5H2,1H3,(H,14,15). The Morgan fingerprint density at radius 1 is 1.56 bits per heavy atom. The second-order valence-corrected chi connectivity index (χ2v) is 6.39. The van der Waals surface area contributed by atoms with Crippen molar-refractivity contribution in [3.63, 3.8) is 0 Å². The molecule has 1 fully saturated rings. The van der Waals surface area contributed by atoms with E-state index in [4.69, 9.17) is 5.11 Å². The van der Waals surface area contributed by atoms with Crippen molar-refractivity contribution in [1.82, 2.24) is 20.2 Å². The highest BCUT2D eigenvalue weighted by Crippen LogP contribution is 2.20. The van der Waals surface area contributed by atoms with Crippen molar-refractivity contribution in [3.8, 4) is 0 Å². The minimum absolute atomic E-state index is 0.0179. The number of tetrazole rings is 1. The smallest absolute Gasteiger partial charge is 0.305 e. The molecule has 9 nitrogen and oxygen atoms in total. The fraction of sp³-hybridized carbons (Fsp3) is 0.750. The number of carboxylic acids is 1. The topological polar surface area (TPSA) is 118 Å². The molecule has 1 aromatic rings. The van der Waals surface area contributed by atoms with Crippen LogP contribution in [0.15, 0.2) is 0 Å². The highest BCUT2D eigenvalue weighted by Gasteiger charge is 2.34. The number of rotatable bonds is 3. The summed E-state index contributed by atoms with van der Waals surface area (Å²) in [5, 5.41) is 19.8. The van der Waals surface area contributed by atoms with Gasteiger partial charge in [-0.25, -0.2) is 13.1 Å². The zero-order valence-corrected chi connectivity index (χ0v) is 10.5. The van der Waals surface area contributed by atoms with Crippen molar-refractivity contribution in [2.24, 2.45) is 7.05 Å². The summed E-state index contributed by atoms with van der Waals surface area (Å²) in [7, 11) is -1.58. The Labute approximate surface area is 103 Å². The number of carbonyl (C=O) groups is 1. The zero-order chi connectivity index (χ0) is 13.3. The van der Waals surface area contributed by atoms with Crippen LogP contribution in [-0.2, 0) is 21.7 Å². The Morgan fingerprint density at radius 2 is 2.28 bits per heavy atom. The van der Waals surface area contributed by atoms with Crippen LogP contribution in [0.3, 0.4) is 0 Å². The molecule has 1 N–H and O–H groups in total. The Kier molecular flexibility index (Phi) is 3.20. The maximum atomic E-state index is 11.6. The number of hydrogen-bond acceptors (Lipinski definition) is 7. The Bertz CT molecular complexity index is 554. The van der Waals surface area contributed by atoms with E-state index in [9.17, 15) is 13.2 Å². The van der Waals surface area contributed by atoms with Gasteiger partial charge in [-0.1, -0.05) is 5.10 Å². The maximum Gasteiger partial charge on any atom is 0.305 e. The van der Waals surface area contributed by atoms with Gasteiger partial charge in [-0.2, -0.15) is 0 Å². The van der Waals surface area contributed by atoms with Crippen LogP contribution in [0.2, 0.25) is 0 Å². The number of aryl methyl sites for hydroxylation is 1. The molecule has 100 valence electrons. The molecular weight excluding hydrogens is 262 g/mol. The van der Waals surface area contributed by atoms with Crippen molar-refractivity contribution in [3.05, 3.63) is 0 Å². The summed E-state index contributed by atoms with van der Waals surface area (Å²) < 4.78 is 24.5. The van der Waals surface area contributed by atoms with Gasteiger partial charge >= 0.3 is 5.97 Å². The second-order valence-electron chi connectivity index (χ2n) is 4.16. The first-order valence-electron chi connectivity index (χ1n) is 5.30. The van der Waals surface area contributed by atoms with E-state index < -0.39 is 21.8 Å². The SMILES string of the molecule is Cn1nnnc1N1CCS(=O)(=O)CC1CC(=O)O. The summed E-state index contributed by atoms with van der Waals surface area (Å²) in [6, 6.07) is -0.633. The fourth-order valence-corrected chi connectivity index (χ4v) is 3.51. The van der Waals surface area contributed by atoms with E-state index in [0.29, 0.717) is 5.95 Å². The lowest BCUT2D eigenvalue weighted by Crippen LogP contribution is -2.50. The normalized spacial score (nSPS) is 22.9. The molecule has 0 spiro atoms. The first-order valence-corrected chi connectivity index (χ1v) is 7.12. The van der Waals surface area contributed by atoms with Crippen LogP contribution in [0.5, 0.6) is 0 Å². The predicted octanol–water partition coefficient (Wildman–Crippen LogP) is -1.71. The predicted molar refractivity (Wildman–Crippen MR) is 60.8 cm³/mol. The molecule has 0 aromatic carbocycles. The van der Waals surface area contributed by atoms with E-state index in [1.165, 1.54) is 4.68 Å². The monoisotopic (exact) mass is 275 g/mol. The summed E-state index contributed by atoms with van der Waals surface area (Å²) in [4.78, 5) is 12.4. The number of carboxylic acid groups (broad SMARTS) is 1. The molecule has 1 aliphatic rings. The van der Waals surface area contributed by atoms with Crippen LogP contribution < -0.4 is 4.90 Å². The van der Waals surface area contributed by atoms with Crippen LogP contribution >= 0.6 is 0 Å². The van der Waals surface area contributed by atoms with Gasteiger partial charge in [0.1, 0.15) is 0 Å². The number of sulfone groups is 1. The van der Waals surface area contributed by atoms with E-state index in [1.54, 1.807) is 11.9 Å². The summed E-state index contributed by atoms with van der Waals surface area (Å²) in [5.41, 5.74) is 0. The van der Waals surface area contributed by atoms with Crippen molar-refractivity contribution in [2.45, 2.75) is 12.5 Å². The molecule has 1 unspecified atom stereocenters. The average Bonchev–Trinajstić information content (AvgIpc) is 2.62. The number of aromatic nitrogens is 4. The molecule has 10 heteroatoms. The molecule has 0 bridgehead atoms. The summed E-state index contributed by atoms with van der Waals surface area (Å²) >= 11 is 0. The number of aliphatic carboxylic acids is 1. The van der Waals surface area contributed by atoms with Crippen LogP contribution in [0.25, 0.3) is 0 Å². The third-order valence-corrected chi connectivity index (χ3v) is 4.49. The molecule has 1 atom stereocenters. The van der Waals surface area contributed by atoms with Gasteiger partial charge in [-0.05, 0) is 10.4 Å². The van der Waals surface area contributed by atoms with Gasteiger partial charge in [0.2, 0.25) is 5.95 Å². The molecule has 1 aromatic heterocycles. The van der Waals surface area contributed by atoms with Gasteiger partial charge in [-0.3, -0.25) is 4.79 Å². The van der Waals surface area contributed by atoms with Gasteiger partial charge in [0.15, 0.2) is 9.84 Å². The lowest BCUT2D eigenvalue weighted by Gasteiger charge is -2.34. The van der Waals surface area contributed by atoms with Crippen molar-refractivity contribution in [2.75, 3.05) is 23.0 Å². The van der Waals surface area contributed by atoms with Gasteiger partial charge in [0.05, 0.1) is 24.0 Å².